The highest BCUT2D eigenvalue weighted by Gasteiger charge is 2.20. The highest BCUT2D eigenvalue weighted by atomic mass is 16.5. The van der Waals surface area contributed by atoms with Gasteiger partial charge in [-0.05, 0) is 41.3 Å². The van der Waals surface area contributed by atoms with Crippen LogP contribution in [0.1, 0.15) is 25.3 Å². The van der Waals surface area contributed by atoms with Gasteiger partial charge in [-0.2, -0.15) is 0 Å². The Balaban J connectivity index is 1.72. The summed E-state index contributed by atoms with van der Waals surface area (Å²) in [5.41, 5.74) is 7.31. The quantitative estimate of drug-likeness (QED) is 0.507. The molecular formula is C22H23N3O3. The van der Waals surface area contributed by atoms with E-state index in [4.69, 9.17) is 10.5 Å². The first-order valence-electron chi connectivity index (χ1n) is 9.14. The Kier molecular flexibility index (Phi) is 6.01. The van der Waals surface area contributed by atoms with Crippen LogP contribution in [0.2, 0.25) is 0 Å². The van der Waals surface area contributed by atoms with Crippen molar-refractivity contribution >= 4 is 28.3 Å². The Hall–Kier alpha value is -3.25. The molecule has 1 atom stereocenters. The molecule has 1 aromatic heterocycles. The SMILES string of the molecule is CC(C)C(=O)Oc1ccc(C(CN)C(=O)Nc2ccc3cnccc3c2)cc1. The highest BCUT2D eigenvalue weighted by Crippen LogP contribution is 2.23. The van der Waals surface area contributed by atoms with E-state index >= 15 is 0 Å². The molecule has 6 heteroatoms. The molecule has 0 aliphatic rings. The molecule has 6 nitrogen and oxygen atoms in total. The van der Waals surface area contributed by atoms with Gasteiger partial charge in [-0.1, -0.05) is 32.0 Å². The first-order chi connectivity index (χ1) is 13.5. The van der Waals surface area contributed by atoms with Crippen molar-refractivity contribution in [3.8, 4) is 5.75 Å². The maximum Gasteiger partial charge on any atom is 0.313 e. The van der Waals surface area contributed by atoms with Crippen molar-refractivity contribution in [2.45, 2.75) is 19.8 Å². The van der Waals surface area contributed by atoms with Crippen molar-refractivity contribution in [1.82, 2.24) is 4.98 Å². The molecule has 1 unspecified atom stereocenters. The van der Waals surface area contributed by atoms with Gasteiger partial charge in [0.1, 0.15) is 5.75 Å². The van der Waals surface area contributed by atoms with E-state index in [1.54, 1.807) is 50.5 Å². The number of hydrogen-bond acceptors (Lipinski definition) is 5. The zero-order chi connectivity index (χ0) is 20.1. The number of amides is 1. The van der Waals surface area contributed by atoms with Gasteiger partial charge in [0.2, 0.25) is 5.91 Å². The van der Waals surface area contributed by atoms with Gasteiger partial charge in [0.15, 0.2) is 0 Å². The summed E-state index contributed by atoms with van der Waals surface area (Å²) in [7, 11) is 0. The minimum atomic E-state index is -0.511. The molecule has 3 N–H and O–H groups in total. The Bertz CT molecular complexity index is 984. The van der Waals surface area contributed by atoms with Crippen LogP contribution in [0, 0.1) is 5.92 Å². The van der Waals surface area contributed by atoms with Crippen LogP contribution in [-0.4, -0.2) is 23.4 Å². The van der Waals surface area contributed by atoms with E-state index in [2.05, 4.69) is 10.3 Å². The summed E-state index contributed by atoms with van der Waals surface area (Å²) in [5.74, 6) is -0.764. The number of hydrogen-bond donors (Lipinski definition) is 2. The van der Waals surface area contributed by atoms with Crippen LogP contribution in [0.5, 0.6) is 5.75 Å². The summed E-state index contributed by atoms with van der Waals surface area (Å²) >= 11 is 0. The van der Waals surface area contributed by atoms with E-state index in [9.17, 15) is 9.59 Å². The van der Waals surface area contributed by atoms with E-state index in [0.29, 0.717) is 11.4 Å². The summed E-state index contributed by atoms with van der Waals surface area (Å²) < 4.78 is 5.27. The number of nitrogens with one attached hydrogen (secondary N) is 1. The maximum absolute atomic E-state index is 12.7. The normalized spacial score (nSPS) is 12.0. The van der Waals surface area contributed by atoms with Gasteiger partial charge in [0.05, 0.1) is 11.8 Å². The molecule has 28 heavy (non-hydrogen) atoms. The molecule has 3 rings (SSSR count). The van der Waals surface area contributed by atoms with Gasteiger partial charge in [-0.3, -0.25) is 14.6 Å². The van der Waals surface area contributed by atoms with Crippen molar-refractivity contribution in [3.63, 3.8) is 0 Å². The Labute approximate surface area is 163 Å². The Morgan fingerprint density at radius 2 is 1.82 bits per heavy atom. The molecular weight excluding hydrogens is 354 g/mol. The summed E-state index contributed by atoms with van der Waals surface area (Å²) in [4.78, 5) is 28.5. The lowest BCUT2D eigenvalue weighted by molar-refractivity contribution is -0.137. The fourth-order valence-electron chi connectivity index (χ4n) is 2.79. The molecule has 0 aliphatic carbocycles. The second-order valence-corrected chi connectivity index (χ2v) is 6.86. The average Bonchev–Trinajstić information content (AvgIpc) is 2.69. The number of pyridine rings is 1. The number of carbonyl (C=O) groups excluding carboxylic acids is 2. The lowest BCUT2D eigenvalue weighted by Gasteiger charge is -2.16. The number of rotatable bonds is 6. The van der Waals surface area contributed by atoms with Crippen LogP contribution in [-0.2, 0) is 9.59 Å². The average molecular weight is 377 g/mol. The van der Waals surface area contributed by atoms with Crippen molar-refractivity contribution in [2.75, 3.05) is 11.9 Å². The smallest absolute Gasteiger partial charge is 0.313 e. The second-order valence-electron chi connectivity index (χ2n) is 6.86. The van der Waals surface area contributed by atoms with Crippen LogP contribution >= 0.6 is 0 Å². The first-order valence-corrected chi connectivity index (χ1v) is 9.14. The molecule has 144 valence electrons. The van der Waals surface area contributed by atoms with Gasteiger partial charge in [0, 0.05) is 30.0 Å². The van der Waals surface area contributed by atoms with Gasteiger partial charge >= 0.3 is 5.97 Å². The van der Waals surface area contributed by atoms with Crippen molar-refractivity contribution < 1.29 is 14.3 Å². The van der Waals surface area contributed by atoms with Gasteiger partial charge in [-0.25, -0.2) is 0 Å². The van der Waals surface area contributed by atoms with Crippen molar-refractivity contribution in [1.29, 1.82) is 0 Å². The molecule has 0 saturated carbocycles. The standard InChI is InChI=1S/C22H23N3O3/c1-14(2)22(27)28-19-7-4-15(5-8-19)20(12-23)21(26)25-18-6-3-17-13-24-10-9-16(17)11-18/h3-11,13-14,20H,12,23H2,1-2H3,(H,25,26). The molecule has 0 bridgehead atoms. The molecule has 0 fully saturated rings. The molecule has 3 aromatic rings. The van der Waals surface area contributed by atoms with Crippen LogP contribution in [0.4, 0.5) is 5.69 Å². The van der Waals surface area contributed by atoms with Crippen LogP contribution < -0.4 is 15.8 Å². The van der Waals surface area contributed by atoms with Gasteiger partial charge < -0.3 is 15.8 Å². The fraction of sp³-hybridized carbons (Fsp3) is 0.227. The number of anilines is 1. The maximum atomic E-state index is 12.7. The predicted octanol–water partition coefficient (Wildman–Crippen LogP) is 3.48. The lowest BCUT2D eigenvalue weighted by Crippen LogP contribution is -2.27. The third-order valence-corrected chi connectivity index (χ3v) is 4.43. The largest absolute Gasteiger partial charge is 0.426 e. The summed E-state index contributed by atoms with van der Waals surface area (Å²) in [6, 6.07) is 14.4. The van der Waals surface area contributed by atoms with E-state index in [1.165, 1.54) is 0 Å². The summed E-state index contributed by atoms with van der Waals surface area (Å²) in [6.45, 7) is 3.71. The van der Waals surface area contributed by atoms with Gasteiger partial charge in [-0.15, -0.1) is 0 Å². The number of esters is 1. The molecule has 0 aliphatic heterocycles. The lowest BCUT2D eigenvalue weighted by atomic mass is 9.98. The molecule has 0 saturated heterocycles. The number of nitrogens with zero attached hydrogens (tertiary/aromatic N) is 1. The Morgan fingerprint density at radius 1 is 1.07 bits per heavy atom. The summed E-state index contributed by atoms with van der Waals surface area (Å²) in [6.07, 6.45) is 3.49. The second kappa shape index (κ2) is 8.63. The van der Waals surface area contributed by atoms with E-state index in [1.807, 2.05) is 24.3 Å². The zero-order valence-electron chi connectivity index (χ0n) is 15.9. The third-order valence-electron chi connectivity index (χ3n) is 4.43. The zero-order valence-corrected chi connectivity index (χ0v) is 15.9. The summed E-state index contributed by atoms with van der Waals surface area (Å²) in [5, 5.41) is 4.92. The van der Waals surface area contributed by atoms with E-state index < -0.39 is 5.92 Å². The van der Waals surface area contributed by atoms with E-state index in [0.717, 1.165) is 16.3 Å². The topological polar surface area (TPSA) is 94.3 Å². The van der Waals surface area contributed by atoms with Crippen LogP contribution in [0.15, 0.2) is 60.9 Å². The van der Waals surface area contributed by atoms with Crippen LogP contribution in [0.25, 0.3) is 10.8 Å². The molecule has 0 radical (unpaired) electrons. The minimum absolute atomic E-state index is 0.161. The number of benzene rings is 2. The molecule has 2 aromatic carbocycles. The predicted molar refractivity (Wildman–Crippen MR) is 109 cm³/mol. The number of aromatic nitrogens is 1. The molecule has 1 heterocycles. The third kappa shape index (κ3) is 4.53. The number of fused-ring (bicyclic) bond motifs is 1. The molecule has 0 spiro atoms. The van der Waals surface area contributed by atoms with E-state index in [-0.39, 0.29) is 24.3 Å². The number of nitrogens with two attached hydrogens (primary N) is 1. The van der Waals surface area contributed by atoms with Gasteiger partial charge in [0.25, 0.3) is 0 Å². The fourth-order valence-corrected chi connectivity index (χ4v) is 2.79. The monoisotopic (exact) mass is 377 g/mol. The highest BCUT2D eigenvalue weighted by molar-refractivity contribution is 5.98. The van der Waals surface area contributed by atoms with Crippen molar-refractivity contribution in [3.05, 3.63) is 66.5 Å². The first kappa shape index (κ1) is 19.5. The minimum Gasteiger partial charge on any atom is -0.426 e. The van der Waals surface area contributed by atoms with Crippen LogP contribution in [0.3, 0.4) is 0 Å². The molecule has 1 amide bonds. The number of ether oxygens (including phenoxy) is 1. The Morgan fingerprint density at radius 3 is 2.50 bits per heavy atom. The number of carbonyl (C=O) groups is 2. The van der Waals surface area contributed by atoms with Crippen molar-refractivity contribution in [2.24, 2.45) is 11.7 Å².